The van der Waals surface area contributed by atoms with Crippen LogP contribution in [0, 0.1) is 0 Å². The third kappa shape index (κ3) is 8.67. The van der Waals surface area contributed by atoms with Crippen LogP contribution in [0.1, 0.15) is 25.7 Å². The number of halogens is 2. The molecule has 0 aromatic heterocycles. The molecule has 2 aliphatic heterocycles. The van der Waals surface area contributed by atoms with Gasteiger partial charge in [-0.05, 0) is 66.0 Å². The number of hydrogen-bond donors (Lipinski definition) is 0. The molecule has 2 fully saturated rings. The minimum atomic E-state index is 0. The van der Waals surface area contributed by atoms with Gasteiger partial charge in [0.05, 0.1) is 0 Å². The topological polar surface area (TPSA) is 6.48 Å². The molecule has 0 atom stereocenters. The Hall–Kier alpha value is 1.38. The average molecular weight is 426 g/mol. The maximum atomic E-state index is 2.36. The van der Waals surface area contributed by atoms with Crippen molar-refractivity contribution in [2.75, 3.05) is 40.3 Å². The molecule has 0 aromatic rings. The van der Waals surface area contributed by atoms with Crippen molar-refractivity contribution in [1.82, 2.24) is 9.80 Å². The molecule has 88 valence electrons. The SMILES string of the molecule is CN1CCCC1.CN1CCCC1.I.I. The number of hydrogen-bond acceptors (Lipinski definition) is 2. The maximum absolute atomic E-state index is 2.36. The molecular formula is C10H24I2N2. The van der Waals surface area contributed by atoms with E-state index in [9.17, 15) is 0 Å². The normalized spacial score (nSPS) is 21.9. The fourth-order valence-corrected chi connectivity index (χ4v) is 1.75. The van der Waals surface area contributed by atoms with E-state index in [4.69, 9.17) is 0 Å². The van der Waals surface area contributed by atoms with E-state index in [2.05, 4.69) is 23.9 Å². The van der Waals surface area contributed by atoms with Gasteiger partial charge in [0.15, 0.2) is 0 Å². The molecule has 2 nitrogen and oxygen atoms in total. The highest BCUT2D eigenvalue weighted by Gasteiger charge is 2.03. The molecule has 2 aliphatic rings. The van der Waals surface area contributed by atoms with Crippen LogP contribution in [0.4, 0.5) is 0 Å². The van der Waals surface area contributed by atoms with Gasteiger partial charge in [-0.1, -0.05) is 0 Å². The number of likely N-dealkylation sites (tertiary alicyclic amines) is 2. The molecule has 0 saturated carbocycles. The third-order valence-electron chi connectivity index (χ3n) is 2.66. The van der Waals surface area contributed by atoms with Crippen molar-refractivity contribution in [2.45, 2.75) is 25.7 Å². The molecular weight excluding hydrogens is 402 g/mol. The van der Waals surface area contributed by atoms with Crippen LogP contribution >= 0.6 is 48.0 Å². The zero-order valence-corrected chi connectivity index (χ0v) is 14.0. The fourth-order valence-electron chi connectivity index (χ4n) is 1.75. The zero-order chi connectivity index (χ0) is 8.81. The Morgan fingerprint density at radius 3 is 0.857 bits per heavy atom. The molecule has 0 bridgehead atoms. The number of nitrogens with zero attached hydrogens (tertiary/aromatic N) is 2. The summed E-state index contributed by atoms with van der Waals surface area (Å²) in [5.41, 5.74) is 0. The van der Waals surface area contributed by atoms with Crippen LogP contribution in [0.5, 0.6) is 0 Å². The van der Waals surface area contributed by atoms with Gasteiger partial charge in [0.1, 0.15) is 0 Å². The second-order valence-electron chi connectivity index (χ2n) is 4.02. The third-order valence-corrected chi connectivity index (χ3v) is 2.66. The van der Waals surface area contributed by atoms with Crippen LogP contribution in [0.15, 0.2) is 0 Å². The first-order chi connectivity index (χ1) is 5.79. The summed E-state index contributed by atoms with van der Waals surface area (Å²) < 4.78 is 0. The highest BCUT2D eigenvalue weighted by Crippen LogP contribution is 2.02. The van der Waals surface area contributed by atoms with Gasteiger partial charge in [0.25, 0.3) is 0 Å². The summed E-state index contributed by atoms with van der Waals surface area (Å²) in [6, 6.07) is 0. The van der Waals surface area contributed by atoms with Crippen LogP contribution < -0.4 is 0 Å². The summed E-state index contributed by atoms with van der Waals surface area (Å²) in [4.78, 5) is 4.72. The lowest BCUT2D eigenvalue weighted by Gasteiger charge is -2.01. The Morgan fingerprint density at radius 1 is 0.571 bits per heavy atom. The van der Waals surface area contributed by atoms with Crippen molar-refractivity contribution in [3.63, 3.8) is 0 Å². The average Bonchev–Trinajstić information content (AvgIpc) is 2.63. The van der Waals surface area contributed by atoms with Crippen molar-refractivity contribution < 1.29 is 0 Å². The van der Waals surface area contributed by atoms with Crippen LogP contribution in [0.25, 0.3) is 0 Å². The molecule has 0 N–H and O–H groups in total. The molecule has 2 heterocycles. The van der Waals surface area contributed by atoms with E-state index >= 15 is 0 Å². The Morgan fingerprint density at radius 2 is 0.786 bits per heavy atom. The van der Waals surface area contributed by atoms with Gasteiger partial charge >= 0.3 is 0 Å². The van der Waals surface area contributed by atoms with E-state index in [1.54, 1.807) is 0 Å². The zero-order valence-electron chi connectivity index (χ0n) is 9.37. The van der Waals surface area contributed by atoms with E-state index in [-0.39, 0.29) is 48.0 Å². The lowest BCUT2D eigenvalue weighted by Crippen LogP contribution is -2.10. The Kier molecular flexibility index (Phi) is 13.8. The molecule has 2 rings (SSSR count). The molecule has 14 heavy (non-hydrogen) atoms. The predicted molar refractivity (Wildman–Crippen MR) is 84.3 cm³/mol. The summed E-state index contributed by atoms with van der Waals surface area (Å²) in [6.45, 7) is 5.28. The van der Waals surface area contributed by atoms with Gasteiger partial charge in [0.2, 0.25) is 0 Å². The quantitative estimate of drug-likeness (QED) is 0.550. The van der Waals surface area contributed by atoms with Crippen molar-refractivity contribution in [1.29, 1.82) is 0 Å². The van der Waals surface area contributed by atoms with Crippen molar-refractivity contribution >= 4 is 48.0 Å². The van der Waals surface area contributed by atoms with Crippen LogP contribution in [-0.4, -0.2) is 50.1 Å². The lowest BCUT2D eigenvalue weighted by atomic mass is 10.4. The second kappa shape index (κ2) is 10.9. The Bertz CT molecular complexity index is 96.7. The molecule has 0 unspecified atom stereocenters. The van der Waals surface area contributed by atoms with Crippen LogP contribution in [0.2, 0.25) is 0 Å². The fraction of sp³-hybridized carbons (Fsp3) is 1.00. The molecule has 0 aromatic carbocycles. The minimum Gasteiger partial charge on any atom is -0.306 e. The Balaban J connectivity index is 0. The molecule has 4 heteroatoms. The van der Waals surface area contributed by atoms with Crippen molar-refractivity contribution in [2.24, 2.45) is 0 Å². The second-order valence-corrected chi connectivity index (χ2v) is 4.02. The van der Waals surface area contributed by atoms with E-state index in [0.717, 1.165) is 0 Å². The summed E-state index contributed by atoms with van der Waals surface area (Å²) in [5.74, 6) is 0. The summed E-state index contributed by atoms with van der Waals surface area (Å²) >= 11 is 0. The van der Waals surface area contributed by atoms with Gasteiger partial charge < -0.3 is 9.80 Å². The van der Waals surface area contributed by atoms with Gasteiger partial charge in [-0.3, -0.25) is 0 Å². The van der Waals surface area contributed by atoms with Gasteiger partial charge in [-0.15, -0.1) is 48.0 Å². The molecule has 0 aliphatic carbocycles. The predicted octanol–water partition coefficient (Wildman–Crippen LogP) is 2.66. The number of rotatable bonds is 0. The van der Waals surface area contributed by atoms with Crippen molar-refractivity contribution in [3.05, 3.63) is 0 Å². The first-order valence-corrected chi connectivity index (χ1v) is 5.16. The van der Waals surface area contributed by atoms with Gasteiger partial charge in [-0.25, -0.2) is 0 Å². The van der Waals surface area contributed by atoms with E-state index in [1.807, 2.05) is 0 Å². The molecule has 0 amide bonds. The van der Waals surface area contributed by atoms with Crippen LogP contribution in [0.3, 0.4) is 0 Å². The van der Waals surface area contributed by atoms with E-state index in [0.29, 0.717) is 0 Å². The largest absolute Gasteiger partial charge is 0.306 e. The standard InChI is InChI=1S/2C5H11N.2HI/c2*1-6-4-2-3-5-6;;/h2*2-5H2,1H3;2*1H. The first-order valence-electron chi connectivity index (χ1n) is 5.16. The highest BCUT2D eigenvalue weighted by molar-refractivity contribution is 14.0. The molecule has 0 spiro atoms. The highest BCUT2D eigenvalue weighted by atomic mass is 127. The van der Waals surface area contributed by atoms with Gasteiger partial charge in [-0.2, -0.15) is 0 Å². The molecule has 2 saturated heterocycles. The lowest BCUT2D eigenvalue weighted by molar-refractivity contribution is 0.418. The first kappa shape index (κ1) is 17.8. The summed E-state index contributed by atoms with van der Waals surface area (Å²) in [5, 5.41) is 0. The monoisotopic (exact) mass is 426 g/mol. The summed E-state index contributed by atoms with van der Waals surface area (Å²) in [6.07, 6.45) is 5.65. The van der Waals surface area contributed by atoms with E-state index < -0.39 is 0 Å². The minimum absolute atomic E-state index is 0. The van der Waals surface area contributed by atoms with Gasteiger partial charge in [0, 0.05) is 0 Å². The smallest absolute Gasteiger partial charge is 0.00213 e. The van der Waals surface area contributed by atoms with E-state index in [1.165, 1.54) is 51.9 Å². The maximum Gasteiger partial charge on any atom is -0.00213 e. The van der Waals surface area contributed by atoms with Crippen LogP contribution in [-0.2, 0) is 0 Å². The Labute approximate surface area is 123 Å². The summed E-state index contributed by atoms with van der Waals surface area (Å²) in [7, 11) is 4.35. The van der Waals surface area contributed by atoms with Crippen molar-refractivity contribution in [3.8, 4) is 0 Å². The molecule has 0 radical (unpaired) electrons.